The third-order valence-electron chi connectivity index (χ3n) is 3.23. The molecule has 0 aliphatic rings. The van der Waals surface area contributed by atoms with Crippen LogP contribution in [0.25, 0.3) is 0 Å². The molecule has 0 spiro atoms. The molecular formula is C15H14FIN2O2. The summed E-state index contributed by atoms with van der Waals surface area (Å²) >= 11 is 2.04. The highest BCUT2D eigenvalue weighted by Crippen LogP contribution is 2.27. The second-order valence-corrected chi connectivity index (χ2v) is 5.96. The van der Waals surface area contributed by atoms with E-state index >= 15 is 0 Å². The molecule has 0 saturated carbocycles. The number of nitro benzene ring substituents is 1. The highest BCUT2D eigenvalue weighted by Gasteiger charge is 2.12. The summed E-state index contributed by atoms with van der Waals surface area (Å²) in [6, 6.07) is 9.64. The first-order chi connectivity index (χ1) is 9.88. The standard InChI is InChI=1S/C15H14FIN2O2/c1-9-3-4-11(7-13(9)16)10(2)18-15-6-5-12(19(20)21)8-14(15)17/h3-8,10,18H,1-2H3. The maximum Gasteiger partial charge on any atom is 0.270 e. The van der Waals surface area contributed by atoms with Gasteiger partial charge in [0.05, 0.1) is 4.92 Å². The lowest BCUT2D eigenvalue weighted by Crippen LogP contribution is -2.08. The van der Waals surface area contributed by atoms with Gasteiger partial charge in [-0.2, -0.15) is 0 Å². The van der Waals surface area contributed by atoms with Crippen LogP contribution >= 0.6 is 22.6 Å². The van der Waals surface area contributed by atoms with E-state index in [2.05, 4.69) is 5.32 Å². The molecule has 110 valence electrons. The van der Waals surface area contributed by atoms with Gasteiger partial charge in [0.25, 0.3) is 5.69 Å². The van der Waals surface area contributed by atoms with Gasteiger partial charge in [0.15, 0.2) is 0 Å². The molecule has 0 aliphatic carbocycles. The summed E-state index contributed by atoms with van der Waals surface area (Å²) in [5.74, 6) is -0.237. The van der Waals surface area contributed by atoms with Crippen LogP contribution in [-0.4, -0.2) is 4.92 Å². The third kappa shape index (κ3) is 3.69. The topological polar surface area (TPSA) is 55.2 Å². The normalized spacial score (nSPS) is 12.0. The van der Waals surface area contributed by atoms with E-state index in [0.29, 0.717) is 5.56 Å². The van der Waals surface area contributed by atoms with E-state index in [1.807, 2.05) is 35.6 Å². The van der Waals surface area contributed by atoms with E-state index in [-0.39, 0.29) is 17.5 Å². The average Bonchev–Trinajstić information content (AvgIpc) is 2.43. The average molecular weight is 400 g/mol. The van der Waals surface area contributed by atoms with Gasteiger partial charge in [-0.05, 0) is 59.7 Å². The smallest absolute Gasteiger partial charge is 0.270 e. The molecule has 2 rings (SSSR count). The number of non-ortho nitro benzene ring substituents is 1. The molecule has 0 heterocycles. The number of anilines is 1. The summed E-state index contributed by atoms with van der Waals surface area (Å²) < 4.78 is 14.3. The fraction of sp³-hybridized carbons (Fsp3) is 0.200. The molecule has 1 unspecified atom stereocenters. The second-order valence-electron chi connectivity index (χ2n) is 4.80. The van der Waals surface area contributed by atoms with Crippen LogP contribution < -0.4 is 5.32 Å². The lowest BCUT2D eigenvalue weighted by atomic mass is 10.1. The number of nitrogens with one attached hydrogen (secondary N) is 1. The highest BCUT2D eigenvalue weighted by atomic mass is 127. The molecule has 0 aromatic heterocycles. The van der Waals surface area contributed by atoms with Gasteiger partial charge in [-0.15, -0.1) is 0 Å². The van der Waals surface area contributed by atoms with Gasteiger partial charge in [-0.3, -0.25) is 10.1 Å². The lowest BCUT2D eigenvalue weighted by Gasteiger charge is -2.17. The van der Waals surface area contributed by atoms with Crippen molar-refractivity contribution < 1.29 is 9.31 Å². The van der Waals surface area contributed by atoms with Crippen molar-refractivity contribution >= 4 is 34.0 Å². The molecule has 6 heteroatoms. The Balaban J connectivity index is 2.21. The molecule has 1 N–H and O–H groups in total. The van der Waals surface area contributed by atoms with E-state index in [9.17, 15) is 14.5 Å². The molecule has 0 aliphatic heterocycles. The first kappa shape index (κ1) is 15.7. The molecule has 0 amide bonds. The molecule has 0 bridgehead atoms. The SMILES string of the molecule is Cc1ccc(C(C)Nc2ccc([N+](=O)[O-])cc2I)cc1F. The zero-order chi connectivity index (χ0) is 15.6. The van der Waals surface area contributed by atoms with Gasteiger partial charge in [-0.25, -0.2) is 4.39 Å². The van der Waals surface area contributed by atoms with Crippen molar-refractivity contribution in [1.29, 1.82) is 0 Å². The van der Waals surface area contributed by atoms with E-state index < -0.39 is 4.92 Å². The van der Waals surface area contributed by atoms with Crippen molar-refractivity contribution in [1.82, 2.24) is 0 Å². The van der Waals surface area contributed by atoms with Crippen LogP contribution in [0.5, 0.6) is 0 Å². The number of hydrogen-bond donors (Lipinski definition) is 1. The third-order valence-corrected chi connectivity index (χ3v) is 4.12. The van der Waals surface area contributed by atoms with Crippen LogP contribution in [0, 0.1) is 26.4 Å². The van der Waals surface area contributed by atoms with Crippen LogP contribution in [0.4, 0.5) is 15.8 Å². The van der Waals surface area contributed by atoms with Gasteiger partial charge >= 0.3 is 0 Å². The van der Waals surface area contributed by atoms with Gasteiger partial charge < -0.3 is 5.32 Å². The minimum absolute atomic E-state index is 0.0546. The Kier molecular flexibility index (Phi) is 4.76. The molecule has 21 heavy (non-hydrogen) atoms. The maximum atomic E-state index is 13.6. The molecule has 4 nitrogen and oxygen atoms in total. The van der Waals surface area contributed by atoms with Gasteiger partial charge in [0.1, 0.15) is 5.82 Å². The molecule has 1 atom stereocenters. The lowest BCUT2D eigenvalue weighted by molar-refractivity contribution is -0.384. The van der Waals surface area contributed by atoms with Crippen molar-refractivity contribution in [3.05, 3.63) is 67.0 Å². The van der Waals surface area contributed by atoms with Crippen LogP contribution in [0.1, 0.15) is 24.1 Å². The summed E-state index contributed by atoms with van der Waals surface area (Å²) in [7, 11) is 0. The number of benzene rings is 2. The number of nitrogens with zero attached hydrogens (tertiary/aromatic N) is 1. The molecule has 2 aromatic rings. The monoisotopic (exact) mass is 400 g/mol. The first-order valence-corrected chi connectivity index (χ1v) is 7.43. The maximum absolute atomic E-state index is 13.6. The van der Waals surface area contributed by atoms with Crippen LogP contribution in [0.15, 0.2) is 36.4 Å². The van der Waals surface area contributed by atoms with Crippen LogP contribution in [0.2, 0.25) is 0 Å². The first-order valence-electron chi connectivity index (χ1n) is 6.35. The summed E-state index contributed by atoms with van der Waals surface area (Å²) in [5.41, 5.74) is 2.27. The molecule has 0 fully saturated rings. The zero-order valence-corrected chi connectivity index (χ0v) is 13.7. The molecule has 2 aromatic carbocycles. The number of halogens is 2. The predicted octanol–water partition coefficient (Wildman–Crippen LogP) is 4.82. The van der Waals surface area contributed by atoms with Gasteiger partial charge in [-0.1, -0.05) is 12.1 Å². The Morgan fingerprint density at radius 3 is 2.57 bits per heavy atom. The van der Waals surface area contributed by atoms with Crippen molar-refractivity contribution in [2.45, 2.75) is 19.9 Å². The number of aryl methyl sites for hydroxylation is 1. The summed E-state index contributed by atoms with van der Waals surface area (Å²) in [4.78, 5) is 10.3. The largest absolute Gasteiger partial charge is 0.378 e. The van der Waals surface area contributed by atoms with Crippen molar-refractivity contribution in [3.63, 3.8) is 0 Å². The summed E-state index contributed by atoms with van der Waals surface area (Å²) in [6.07, 6.45) is 0. The number of nitro groups is 1. The van der Waals surface area contributed by atoms with Crippen LogP contribution in [0.3, 0.4) is 0 Å². The Labute approximate surface area is 135 Å². The highest BCUT2D eigenvalue weighted by molar-refractivity contribution is 14.1. The van der Waals surface area contributed by atoms with Gasteiger partial charge in [0, 0.05) is 27.4 Å². The quantitative estimate of drug-likeness (QED) is 0.455. The fourth-order valence-electron chi connectivity index (χ4n) is 1.93. The Morgan fingerprint density at radius 1 is 1.29 bits per heavy atom. The fourth-order valence-corrected chi connectivity index (χ4v) is 2.58. The number of hydrogen-bond acceptors (Lipinski definition) is 3. The molecule has 0 radical (unpaired) electrons. The van der Waals surface area contributed by atoms with Crippen molar-refractivity contribution in [2.24, 2.45) is 0 Å². The minimum atomic E-state index is -0.426. The van der Waals surface area contributed by atoms with E-state index in [1.165, 1.54) is 18.2 Å². The van der Waals surface area contributed by atoms with Crippen molar-refractivity contribution in [3.8, 4) is 0 Å². The Hall–Kier alpha value is -1.70. The number of rotatable bonds is 4. The Bertz CT molecular complexity index is 691. The Morgan fingerprint density at radius 2 is 2.00 bits per heavy atom. The molecule has 0 saturated heterocycles. The van der Waals surface area contributed by atoms with E-state index in [0.717, 1.165) is 14.8 Å². The zero-order valence-electron chi connectivity index (χ0n) is 11.6. The van der Waals surface area contributed by atoms with E-state index in [1.54, 1.807) is 19.1 Å². The summed E-state index contributed by atoms with van der Waals surface area (Å²) in [5, 5.41) is 14.0. The van der Waals surface area contributed by atoms with Crippen LogP contribution in [-0.2, 0) is 0 Å². The van der Waals surface area contributed by atoms with Gasteiger partial charge in [0.2, 0.25) is 0 Å². The summed E-state index contributed by atoms with van der Waals surface area (Å²) in [6.45, 7) is 3.64. The van der Waals surface area contributed by atoms with E-state index in [4.69, 9.17) is 0 Å². The van der Waals surface area contributed by atoms with Crippen molar-refractivity contribution in [2.75, 3.05) is 5.32 Å². The predicted molar refractivity (Wildman–Crippen MR) is 89.0 cm³/mol. The minimum Gasteiger partial charge on any atom is -0.378 e. The molecular weight excluding hydrogens is 386 g/mol. The second kappa shape index (κ2) is 6.38.